The second kappa shape index (κ2) is 10.3. The monoisotopic (exact) mass is 536 g/mol. The van der Waals surface area contributed by atoms with Crippen molar-refractivity contribution in [2.75, 3.05) is 26.2 Å². The molecule has 4 atom stereocenters. The maximum atomic E-state index is 13.3. The van der Waals surface area contributed by atoms with E-state index in [0.29, 0.717) is 0 Å². The highest BCUT2D eigenvalue weighted by atomic mass is 32.2. The Bertz CT molecular complexity index is 1220. The molecule has 2 aliphatic rings. The minimum absolute atomic E-state index is 0.00900. The molecule has 2 aromatic rings. The molecule has 0 radical (unpaired) electrons. The van der Waals surface area contributed by atoms with E-state index in [-0.39, 0.29) is 71.5 Å². The average Bonchev–Trinajstić information content (AvgIpc) is 2.82. The van der Waals surface area contributed by atoms with Crippen LogP contribution in [0.2, 0.25) is 0 Å². The second-order valence-electron chi connectivity index (χ2n) is 9.54. The summed E-state index contributed by atoms with van der Waals surface area (Å²) in [5, 5.41) is 0. The van der Waals surface area contributed by atoms with Crippen LogP contribution in [-0.2, 0) is 29.5 Å². The van der Waals surface area contributed by atoms with Crippen molar-refractivity contribution in [1.29, 1.82) is 0 Å². The Morgan fingerprint density at radius 3 is 1.33 bits per heavy atom. The molecular weight excluding hydrogens is 504 g/mol. The summed E-state index contributed by atoms with van der Waals surface area (Å²) in [6.07, 6.45) is -0.961. The molecule has 9 nitrogen and oxygen atoms in total. The summed E-state index contributed by atoms with van der Waals surface area (Å²) in [7, 11) is -7.67. The Hall–Kier alpha value is -2.15. The first-order valence-corrected chi connectivity index (χ1v) is 14.8. The van der Waals surface area contributed by atoms with Gasteiger partial charge in [0.05, 0.1) is 34.2 Å². The van der Waals surface area contributed by atoms with Crippen molar-refractivity contribution in [2.24, 2.45) is 0 Å². The molecular formula is C25H32N2O7S2. The fourth-order valence-corrected chi connectivity index (χ4v) is 7.99. The minimum atomic E-state index is -3.84. The Balaban J connectivity index is 1.61. The fourth-order valence-electron chi connectivity index (χ4n) is 4.71. The van der Waals surface area contributed by atoms with Crippen LogP contribution in [-0.4, -0.2) is 81.8 Å². The van der Waals surface area contributed by atoms with Crippen molar-refractivity contribution in [3.8, 4) is 0 Å². The third-order valence-corrected chi connectivity index (χ3v) is 9.90. The number of hydrogen-bond acceptors (Lipinski definition) is 7. The van der Waals surface area contributed by atoms with Gasteiger partial charge >= 0.3 is 0 Å². The number of ketones is 1. The van der Waals surface area contributed by atoms with E-state index in [0.717, 1.165) is 0 Å². The first-order valence-electron chi connectivity index (χ1n) is 11.9. The highest BCUT2D eigenvalue weighted by Gasteiger charge is 2.34. The smallest absolute Gasteiger partial charge is 0.243 e. The molecule has 2 fully saturated rings. The number of rotatable bonds is 6. The number of carbonyl (C=O) groups excluding carboxylic acids is 1. The van der Waals surface area contributed by atoms with Crippen molar-refractivity contribution in [2.45, 2.75) is 61.9 Å². The van der Waals surface area contributed by atoms with Crippen LogP contribution in [0.15, 0.2) is 58.3 Å². The topological polar surface area (TPSA) is 110 Å². The van der Waals surface area contributed by atoms with Crippen molar-refractivity contribution in [1.82, 2.24) is 8.61 Å². The van der Waals surface area contributed by atoms with E-state index in [1.54, 1.807) is 0 Å². The maximum Gasteiger partial charge on any atom is 0.243 e. The number of ether oxygens (including phenoxy) is 2. The first-order chi connectivity index (χ1) is 16.9. The number of hydrogen-bond donors (Lipinski definition) is 0. The van der Waals surface area contributed by atoms with E-state index >= 15 is 0 Å². The van der Waals surface area contributed by atoms with E-state index in [4.69, 9.17) is 9.47 Å². The summed E-state index contributed by atoms with van der Waals surface area (Å²) in [6.45, 7) is 8.17. The van der Waals surface area contributed by atoms with E-state index in [9.17, 15) is 21.6 Å². The van der Waals surface area contributed by atoms with Gasteiger partial charge in [-0.3, -0.25) is 4.79 Å². The molecule has 2 aromatic carbocycles. The van der Waals surface area contributed by atoms with Crippen LogP contribution in [0.3, 0.4) is 0 Å². The standard InChI is InChI=1S/C25H32N2O7S2/c1-17-13-26(14-18(2)33-17)35(29,30)23-9-5-7-21(11-23)25(28)22-8-6-10-24(12-22)36(31,32)27-15-19(3)34-20(4)16-27/h5-12,17-20H,13-16H2,1-4H3/t17-,18-,19-,20+/m1/s1. The lowest BCUT2D eigenvalue weighted by Gasteiger charge is -2.34. The molecule has 2 aliphatic heterocycles. The van der Waals surface area contributed by atoms with Gasteiger partial charge in [0, 0.05) is 37.3 Å². The van der Waals surface area contributed by atoms with E-state index in [1.807, 2.05) is 27.7 Å². The Morgan fingerprint density at radius 1 is 0.667 bits per heavy atom. The molecule has 0 saturated carbocycles. The molecule has 2 heterocycles. The van der Waals surface area contributed by atoms with Crippen LogP contribution < -0.4 is 0 Å². The van der Waals surface area contributed by atoms with Crippen molar-refractivity contribution in [3.05, 3.63) is 59.7 Å². The van der Waals surface area contributed by atoms with Crippen molar-refractivity contribution >= 4 is 25.8 Å². The molecule has 196 valence electrons. The molecule has 0 N–H and O–H groups in total. The SMILES string of the molecule is C[C@@H]1CN(S(=O)(=O)c2cccc(C(=O)c3cccc(S(=O)(=O)N4C[C@@H](C)O[C@@H](C)C4)c3)c2)C[C@@H](C)O1. The quantitative estimate of drug-likeness (QED) is 0.522. The summed E-state index contributed by atoms with van der Waals surface area (Å²) in [5.74, 6) is -0.462. The van der Waals surface area contributed by atoms with Crippen molar-refractivity contribution in [3.63, 3.8) is 0 Å². The molecule has 0 aliphatic carbocycles. The minimum Gasteiger partial charge on any atom is -0.373 e. The molecule has 2 saturated heterocycles. The number of benzene rings is 2. The van der Waals surface area contributed by atoms with Crippen LogP contribution in [0.25, 0.3) is 0 Å². The first kappa shape index (κ1) is 26.9. The van der Waals surface area contributed by atoms with Gasteiger partial charge < -0.3 is 9.47 Å². The zero-order valence-corrected chi connectivity index (χ0v) is 22.5. The lowest BCUT2D eigenvalue weighted by atomic mass is 10.0. The molecule has 11 heteroatoms. The predicted octanol–water partition coefficient (Wildman–Crippen LogP) is 2.51. The maximum absolute atomic E-state index is 13.3. The predicted molar refractivity (Wildman–Crippen MR) is 134 cm³/mol. The lowest BCUT2D eigenvalue weighted by Crippen LogP contribution is -2.48. The lowest BCUT2D eigenvalue weighted by molar-refractivity contribution is -0.0442. The van der Waals surface area contributed by atoms with Crippen molar-refractivity contribution < 1.29 is 31.1 Å². The number of morpholine rings is 2. The van der Waals surface area contributed by atoms with Crippen LogP contribution >= 0.6 is 0 Å². The average molecular weight is 537 g/mol. The molecule has 36 heavy (non-hydrogen) atoms. The van der Waals surface area contributed by atoms with Crippen LogP contribution in [0.5, 0.6) is 0 Å². The van der Waals surface area contributed by atoms with Gasteiger partial charge in [0.25, 0.3) is 0 Å². The van der Waals surface area contributed by atoms with Gasteiger partial charge in [0.15, 0.2) is 5.78 Å². The second-order valence-corrected chi connectivity index (χ2v) is 13.4. The highest BCUT2D eigenvalue weighted by Crippen LogP contribution is 2.25. The third-order valence-electron chi connectivity index (χ3n) is 6.24. The Kier molecular flexibility index (Phi) is 7.70. The van der Waals surface area contributed by atoms with Crippen LogP contribution in [0, 0.1) is 0 Å². The van der Waals surface area contributed by atoms with Gasteiger partial charge in [-0.1, -0.05) is 24.3 Å². The molecule has 0 unspecified atom stereocenters. The van der Waals surface area contributed by atoms with Crippen LogP contribution in [0.1, 0.15) is 43.6 Å². The molecule has 0 amide bonds. The van der Waals surface area contributed by atoms with Gasteiger partial charge in [-0.2, -0.15) is 8.61 Å². The van der Waals surface area contributed by atoms with E-state index < -0.39 is 25.8 Å². The number of sulfonamides is 2. The summed E-state index contributed by atoms with van der Waals surface area (Å²) in [6, 6.07) is 11.7. The Labute approximate surface area is 213 Å². The van der Waals surface area contributed by atoms with Gasteiger partial charge in [-0.05, 0) is 52.0 Å². The van der Waals surface area contributed by atoms with E-state index in [2.05, 4.69) is 0 Å². The molecule has 0 aromatic heterocycles. The van der Waals surface area contributed by atoms with Gasteiger partial charge in [-0.15, -0.1) is 0 Å². The molecule has 4 rings (SSSR count). The zero-order valence-electron chi connectivity index (χ0n) is 20.8. The largest absolute Gasteiger partial charge is 0.373 e. The number of nitrogens with zero attached hydrogens (tertiary/aromatic N) is 2. The Morgan fingerprint density at radius 2 is 1.00 bits per heavy atom. The normalized spacial score (nSPS) is 26.6. The highest BCUT2D eigenvalue weighted by molar-refractivity contribution is 7.89. The zero-order chi connectivity index (χ0) is 26.3. The molecule has 0 bridgehead atoms. The summed E-state index contributed by atoms with van der Waals surface area (Å²) >= 11 is 0. The van der Waals surface area contributed by atoms with E-state index in [1.165, 1.54) is 57.1 Å². The van der Waals surface area contributed by atoms with Gasteiger partial charge in [0.2, 0.25) is 20.0 Å². The summed E-state index contributed by atoms with van der Waals surface area (Å²) < 4.78 is 67.1. The summed E-state index contributed by atoms with van der Waals surface area (Å²) in [4.78, 5) is 13.3. The molecule has 0 spiro atoms. The fraction of sp³-hybridized carbons (Fsp3) is 0.480. The van der Waals surface area contributed by atoms with Gasteiger partial charge in [-0.25, -0.2) is 16.8 Å². The number of carbonyl (C=O) groups is 1. The van der Waals surface area contributed by atoms with Crippen LogP contribution in [0.4, 0.5) is 0 Å². The summed E-state index contributed by atoms with van der Waals surface area (Å²) in [5.41, 5.74) is 0.321. The third kappa shape index (κ3) is 5.56. The van der Waals surface area contributed by atoms with Gasteiger partial charge in [0.1, 0.15) is 0 Å².